The summed E-state index contributed by atoms with van der Waals surface area (Å²) in [6.07, 6.45) is 3.42. The van der Waals surface area contributed by atoms with E-state index in [9.17, 15) is 9.59 Å². The number of hydrogen-bond acceptors (Lipinski definition) is 3. The highest BCUT2D eigenvalue weighted by molar-refractivity contribution is 5.97. The van der Waals surface area contributed by atoms with E-state index in [0.29, 0.717) is 12.5 Å². The summed E-state index contributed by atoms with van der Waals surface area (Å²) >= 11 is 0. The quantitative estimate of drug-likeness (QED) is 0.770. The van der Waals surface area contributed by atoms with Crippen LogP contribution in [0.1, 0.15) is 33.1 Å². The van der Waals surface area contributed by atoms with Gasteiger partial charge in [0.1, 0.15) is 12.1 Å². The molecule has 118 valence electrons. The summed E-state index contributed by atoms with van der Waals surface area (Å²) in [5.41, 5.74) is 0. The highest BCUT2D eigenvalue weighted by Crippen LogP contribution is 2.31. The molecule has 0 aromatic heterocycles. The predicted molar refractivity (Wildman–Crippen MR) is 80.7 cm³/mol. The maximum Gasteiger partial charge on any atom is 0.247 e. The minimum Gasteiger partial charge on any atom is -0.332 e. The molecule has 0 unspecified atom stereocenters. The van der Waals surface area contributed by atoms with Crippen LogP contribution in [0.15, 0.2) is 0 Å². The molecule has 1 aliphatic carbocycles. The average molecular weight is 293 g/mol. The minimum atomic E-state index is -0.260. The van der Waals surface area contributed by atoms with Crippen LogP contribution in [0.2, 0.25) is 0 Å². The molecule has 21 heavy (non-hydrogen) atoms. The second-order valence-corrected chi connectivity index (χ2v) is 7.34. The Morgan fingerprint density at radius 2 is 1.86 bits per heavy atom. The van der Waals surface area contributed by atoms with Gasteiger partial charge in [-0.3, -0.25) is 14.5 Å². The first-order valence-electron chi connectivity index (χ1n) is 8.27. The van der Waals surface area contributed by atoms with Crippen molar-refractivity contribution in [2.24, 2.45) is 11.8 Å². The number of piperazine rings is 2. The van der Waals surface area contributed by atoms with E-state index < -0.39 is 0 Å². The fourth-order valence-corrected chi connectivity index (χ4v) is 3.60. The third-order valence-electron chi connectivity index (χ3n) is 5.04. The Morgan fingerprint density at radius 3 is 2.48 bits per heavy atom. The van der Waals surface area contributed by atoms with Crippen molar-refractivity contribution in [2.75, 3.05) is 33.2 Å². The molecule has 2 atom stereocenters. The van der Waals surface area contributed by atoms with Crippen molar-refractivity contribution in [2.45, 2.75) is 45.2 Å². The van der Waals surface area contributed by atoms with E-state index in [0.717, 1.165) is 32.0 Å². The molecule has 2 heterocycles. The molecular weight excluding hydrogens is 266 g/mol. The number of carbonyl (C=O) groups is 2. The van der Waals surface area contributed by atoms with E-state index in [4.69, 9.17) is 0 Å². The highest BCUT2D eigenvalue weighted by Gasteiger charge is 2.46. The van der Waals surface area contributed by atoms with Gasteiger partial charge in [0.25, 0.3) is 0 Å². The first kappa shape index (κ1) is 14.8. The molecule has 0 aromatic carbocycles. The van der Waals surface area contributed by atoms with E-state index in [1.807, 2.05) is 4.90 Å². The van der Waals surface area contributed by atoms with Crippen molar-refractivity contribution in [1.82, 2.24) is 14.7 Å². The van der Waals surface area contributed by atoms with Crippen molar-refractivity contribution in [3.63, 3.8) is 0 Å². The van der Waals surface area contributed by atoms with Crippen LogP contribution in [0.3, 0.4) is 0 Å². The van der Waals surface area contributed by atoms with E-state index in [1.165, 1.54) is 12.8 Å². The van der Waals surface area contributed by atoms with Gasteiger partial charge in [-0.25, -0.2) is 0 Å². The van der Waals surface area contributed by atoms with Gasteiger partial charge in [0.05, 0.1) is 0 Å². The van der Waals surface area contributed by atoms with Crippen LogP contribution in [-0.2, 0) is 9.59 Å². The van der Waals surface area contributed by atoms with Gasteiger partial charge in [-0.05, 0) is 31.1 Å². The minimum absolute atomic E-state index is 0.126. The Balaban J connectivity index is 1.70. The Hall–Kier alpha value is -1.10. The Labute approximate surface area is 127 Å². The maximum absolute atomic E-state index is 12.7. The highest BCUT2D eigenvalue weighted by atomic mass is 16.2. The van der Waals surface area contributed by atoms with Gasteiger partial charge in [0.15, 0.2) is 0 Å². The van der Waals surface area contributed by atoms with Crippen LogP contribution in [0.25, 0.3) is 0 Å². The summed E-state index contributed by atoms with van der Waals surface area (Å²) in [6, 6.07) is -0.512. The lowest BCUT2D eigenvalue weighted by molar-refractivity contribution is -0.164. The number of fused-ring (bicyclic) bond motifs is 1. The van der Waals surface area contributed by atoms with E-state index in [1.54, 1.807) is 11.9 Å². The van der Waals surface area contributed by atoms with Crippen LogP contribution >= 0.6 is 0 Å². The average Bonchev–Trinajstić information content (AvgIpc) is 3.25. The van der Waals surface area contributed by atoms with Gasteiger partial charge in [-0.1, -0.05) is 13.8 Å². The Bertz CT molecular complexity index is 433. The Morgan fingerprint density at radius 1 is 1.14 bits per heavy atom. The van der Waals surface area contributed by atoms with Crippen molar-refractivity contribution < 1.29 is 9.59 Å². The van der Waals surface area contributed by atoms with Crippen LogP contribution in [0.5, 0.6) is 0 Å². The lowest BCUT2D eigenvalue weighted by Crippen LogP contribution is -2.69. The van der Waals surface area contributed by atoms with Gasteiger partial charge < -0.3 is 9.80 Å². The molecule has 3 fully saturated rings. The summed E-state index contributed by atoms with van der Waals surface area (Å²) < 4.78 is 0. The Kier molecular flexibility index (Phi) is 3.95. The van der Waals surface area contributed by atoms with Gasteiger partial charge >= 0.3 is 0 Å². The second-order valence-electron chi connectivity index (χ2n) is 7.34. The third-order valence-corrected chi connectivity index (χ3v) is 5.04. The van der Waals surface area contributed by atoms with Crippen molar-refractivity contribution in [3.8, 4) is 0 Å². The monoisotopic (exact) mass is 293 g/mol. The normalized spacial score (nSPS) is 31.0. The van der Waals surface area contributed by atoms with Crippen LogP contribution < -0.4 is 0 Å². The van der Waals surface area contributed by atoms with Crippen LogP contribution in [-0.4, -0.2) is 71.8 Å². The number of nitrogens with zero attached hydrogens (tertiary/aromatic N) is 3. The van der Waals surface area contributed by atoms with Gasteiger partial charge in [-0.15, -0.1) is 0 Å². The number of hydrogen-bond donors (Lipinski definition) is 0. The molecule has 5 heteroatoms. The van der Waals surface area contributed by atoms with Crippen molar-refractivity contribution in [1.29, 1.82) is 0 Å². The fourth-order valence-electron chi connectivity index (χ4n) is 3.60. The molecule has 0 N–H and O–H groups in total. The molecule has 0 aromatic rings. The smallest absolute Gasteiger partial charge is 0.247 e. The van der Waals surface area contributed by atoms with E-state index >= 15 is 0 Å². The van der Waals surface area contributed by atoms with Crippen LogP contribution in [0, 0.1) is 11.8 Å². The zero-order chi connectivity index (χ0) is 15.1. The van der Waals surface area contributed by atoms with Crippen molar-refractivity contribution in [3.05, 3.63) is 0 Å². The molecule has 0 bridgehead atoms. The number of rotatable bonds is 4. The van der Waals surface area contributed by atoms with Gasteiger partial charge in [-0.2, -0.15) is 0 Å². The molecule has 2 aliphatic heterocycles. The molecule has 1 saturated carbocycles. The summed E-state index contributed by atoms with van der Waals surface area (Å²) in [4.78, 5) is 31.3. The molecule has 5 nitrogen and oxygen atoms in total. The molecule has 0 spiro atoms. The van der Waals surface area contributed by atoms with Gasteiger partial charge in [0.2, 0.25) is 11.8 Å². The second kappa shape index (κ2) is 5.59. The standard InChI is InChI=1S/C16H27N3O2/c1-11(2)8-13-16(21)19-7-6-18(9-12-4-5-12)10-14(19)15(20)17(13)3/h11-14H,4-10H2,1-3H3/t13-,14+/m0/s1. The first-order chi connectivity index (χ1) is 9.97. The molecule has 3 aliphatic rings. The topological polar surface area (TPSA) is 43.9 Å². The third kappa shape index (κ3) is 2.93. The zero-order valence-electron chi connectivity index (χ0n) is 13.4. The van der Waals surface area contributed by atoms with Crippen molar-refractivity contribution >= 4 is 11.8 Å². The maximum atomic E-state index is 12.7. The summed E-state index contributed by atoms with van der Waals surface area (Å²) in [5, 5.41) is 0. The summed E-state index contributed by atoms with van der Waals surface area (Å²) in [6.45, 7) is 7.66. The van der Waals surface area contributed by atoms with Crippen LogP contribution in [0.4, 0.5) is 0 Å². The molecule has 3 rings (SSSR count). The summed E-state index contributed by atoms with van der Waals surface area (Å²) in [5.74, 6) is 1.53. The zero-order valence-corrected chi connectivity index (χ0v) is 13.4. The first-order valence-corrected chi connectivity index (χ1v) is 8.27. The molecular formula is C16H27N3O2. The summed E-state index contributed by atoms with van der Waals surface area (Å²) in [7, 11) is 1.80. The molecule has 2 amide bonds. The molecule has 2 saturated heterocycles. The number of amides is 2. The number of likely N-dealkylation sites (N-methyl/N-ethyl adjacent to an activating group) is 1. The van der Waals surface area contributed by atoms with E-state index in [-0.39, 0.29) is 23.9 Å². The SMILES string of the molecule is CC(C)C[C@H]1C(=O)N2CCN(CC3CC3)C[C@@H]2C(=O)N1C. The van der Waals surface area contributed by atoms with Gasteiger partial charge in [0, 0.05) is 33.2 Å². The van der Waals surface area contributed by atoms with E-state index in [2.05, 4.69) is 18.7 Å². The lowest BCUT2D eigenvalue weighted by Gasteiger charge is -2.48. The largest absolute Gasteiger partial charge is 0.332 e. The molecule has 0 radical (unpaired) electrons. The predicted octanol–water partition coefficient (Wildman–Crippen LogP) is 0.796. The fraction of sp³-hybridized carbons (Fsp3) is 0.875. The number of carbonyl (C=O) groups excluding carboxylic acids is 2. The lowest BCUT2D eigenvalue weighted by atomic mass is 9.95.